The molecule has 0 bridgehead atoms. The fourth-order valence-corrected chi connectivity index (χ4v) is 3.06. The molecule has 0 aliphatic heterocycles. The van der Waals surface area contributed by atoms with Crippen LogP contribution in [0.25, 0.3) is 11.3 Å². The van der Waals surface area contributed by atoms with E-state index in [9.17, 15) is 4.79 Å². The molecule has 3 aromatic rings. The number of carbonyl (C=O) groups excluding carboxylic acids is 1. The van der Waals surface area contributed by atoms with Gasteiger partial charge in [-0.25, -0.2) is 14.8 Å². The maximum Gasteiger partial charge on any atom is 0.338 e. The Morgan fingerprint density at radius 1 is 0.933 bits per heavy atom. The minimum Gasteiger partial charge on any atom is -0.493 e. The van der Waals surface area contributed by atoms with Gasteiger partial charge in [-0.15, -0.1) is 0 Å². The summed E-state index contributed by atoms with van der Waals surface area (Å²) >= 11 is 0. The first-order chi connectivity index (χ1) is 14.6. The summed E-state index contributed by atoms with van der Waals surface area (Å²) in [4.78, 5) is 20.9. The number of benzene rings is 2. The maximum absolute atomic E-state index is 11.8. The minimum atomic E-state index is -0.338. The molecule has 0 saturated heterocycles. The van der Waals surface area contributed by atoms with Gasteiger partial charge in [0.25, 0.3) is 0 Å². The molecule has 1 aromatic heterocycles. The van der Waals surface area contributed by atoms with Gasteiger partial charge in [-0.1, -0.05) is 12.1 Å². The number of nitrogens with zero attached hydrogens (tertiary/aromatic N) is 2. The second-order valence-corrected chi connectivity index (χ2v) is 6.37. The number of hydrogen-bond acceptors (Lipinski definition) is 7. The van der Waals surface area contributed by atoms with Gasteiger partial charge in [0.05, 0.1) is 39.2 Å². The molecule has 0 radical (unpaired) electrons. The van der Waals surface area contributed by atoms with Crippen LogP contribution in [0, 0.1) is 0 Å². The molecule has 0 N–H and O–H groups in total. The number of carbonyl (C=O) groups is 1. The SMILES string of the molecule is CCOC(=O)c1ccc(-c2ccnc(Cc3cc(OC)c(OC)c(OC)c3)n2)cc1. The number of ether oxygens (including phenoxy) is 4. The van der Waals surface area contributed by atoms with Gasteiger partial charge in [-0.2, -0.15) is 0 Å². The summed E-state index contributed by atoms with van der Waals surface area (Å²) in [5.74, 6) is 2.02. The Balaban J connectivity index is 1.85. The molecular weight excluding hydrogens is 384 g/mol. The molecule has 2 aromatic carbocycles. The molecule has 0 aliphatic carbocycles. The monoisotopic (exact) mass is 408 g/mol. The predicted octanol–water partition coefficient (Wildman–Crippen LogP) is 3.94. The van der Waals surface area contributed by atoms with Crippen LogP contribution in [0.2, 0.25) is 0 Å². The van der Waals surface area contributed by atoms with E-state index >= 15 is 0 Å². The third-order valence-corrected chi connectivity index (χ3v) is 4.48. The molecular formula is C23H24N2O5. The first-order valence-corrected chi connectivity index (χ1v) is 9.48. The Labute approximate surface area is 175 Å². The van der Waals surface area contributed by atoms with E-state index < -0.39 is 0 Å². The summed E-state index contributed by atoms with van der Waals surface area (Å²) < 4.78 is 21.2. The first-order valence-electron chi connectivity index (χ1n) is 9.48. The van der Waals surface area contributed by atoms with Gasteiger partial charge in [-0.3, -0.25) is 0 Å². The van der Waals surface area contributed by atoms with Crippen LogP contribution in [0.1, 0.15) is 28.7 Å². The van der Waals surface area contributed by atoms with Crippen LogP contribution in [0.15, 0.2) is 48.7 Å². The molecule has 0 amide bonds. The maximum atomic E-state index is 11.8. The van der Waals surface area contributed by atoms with Crippen molar-refractivity contribution >= 4 is 5.97 Å². The molecule has 0 aliphatic rings. The second kappa shape index (κ2) is 9.73. The molecule has 0 saturated carbocycles. The van der Waals surface area contributed by atoms with Crippen molar-refractivity contribution < 1.29 is 23.7 Å². The Hall–Kier alpha value is -3.61. The van der Waals surface area contributed by atoms with Crippen molar-refractivity contribution in [3.05, 3.63) is 65.6 Å². The van der Waals surface area contributed by atoms with Crippen LogP contribution in [0.4, 0.5) is 0 Å². The van der Waals surface area contributed by atoms with Gasteiger partial charge in [0.15, 0.2) is 11.5 Å². The zero-order valence-corrected chi connectivity index (χ0v) is 17.5. The van der Waals surface area contributed by atoms with Crippen LogP contribution < -0.4 is 14.2 Å². The van der Waals surface area contributed by atoms with E-state index in [1.54, 1.807) is 46.6 Å². The van der Waals surface area contributed by atoms with Crippen molar-refractivity contribution in [1.29, 1.82) is 0 Å². The van der Waals surface area contributed by atoms with Crippen molar-refractivity contribution in [2.45, 2.75) is 13.3 Å². The molecule has 7 heteroatoms. The summed E-state index contributed by atoms with van der Waals surface area (Å²) in [5.41, 5.74) is 3.09. The summed E-state index contributed by atoms with van der Waals surface area (Å²) in [6.07, 6.45) is 2.21. The molecule has 0 atom stereocenters. The number of aromatic nitrogens is 2. The minimum absolute atomic E-state index is 0.338. The van der Waals surface area contributed by atoms with Gasteiger partial charge in [0.2, 0.25) is 5.75 Å². The highest BCUT2D eigenvalue weighted by atomic mass is 16.5. The quantitative estimate of drug-likeness (QED) is 0.522. The topological polar surface area (TPSA) is 79.8 Å². The molecule has 1 heterocycles. The fourth-order valence-electron chi connectivity index (χ4n) is 3.06. The van der Waals surface area contributed by atoms with Crippen molar-refractivity contribution in [2.24, 2.45) is 0 Å². The lowest BCUT2D eigenvalue weighted by molar-refractivity contribution is 0.0526. The third kappa shape index (κ3) is 4.68. The normalized spacial score (nSPS) is 10.4. The van der Waals surface area contributed by atoms with E-state index in [2.05, 4.69) is 9.97 Å². The average molecular weight is 408 g/mol. The molecule has 0 fully saturated rings. The van der Waals surface area contributed by atoms with Crippen LogP contribution in [-0.2, 0) is 11.2 Å². The number of rotatable bonds is 8. The van der Waals surface area contributed by atoms with Crippen molar-refractivity contribution in [2.75, 3.05) is 27.9 Å². The van der Waals surface area contributed by atoms with E-state index in [0.717, 1.165) is 16.8 Å². The molecule has 30 heavy (non-hydrogen) atoms. The van der Waals surface area contributed by atoms with Crippen LogP contribution in [-0.4, -0.2) is 43.9 Å². The van der Waals surface area contributed by atoms with Crippen molar-refractivity contribution in [3.63, 3.8) is 0 Å². The van der Waals surface area contributed by atoms with Gasteiger partial charge in [-0.05, 0) is 42.8 Å². The summed E-state index contributed by atoms with van der Waals surface area (Å²) in [7, 11) is 4.73. The van der Waals surface area contributed by atoms with E-state index in [0.29, 0.717) is 41.7 Å². The van der Waals surface area contributed by atoms with Gasteiger partial charge < -0.3 is 18.9 Å². The lowest BCUT2D eigenvalue weighted by atomic mass is 10.1. The highest BCUT2D eigenvalue weighted by Gasteiger charge is 2.14. The highest BCUT2D eigenvalue weighted by molar-refractivity contribution is 5.89. The van der Waals surface area contributed by atoms with E-state index in [1.807, 2.05) is 30.3 Å². The third-order valence-electron chi connectivity index (χ3n) is 4.48. The summed E-state index contributed by atoms with van der Waals surface area (Å²) in [6, 6.07) is 12.7. The van der Waals surface area contributed by atoms with Crippen LogP contribution in [0.5, 0.6) is 17.2 Å². The molecule has 7 nitrogen and oxygen atoms in total. The first kappa shape index (κ1) is 21.1. The summed E-state index contributed by atoms with van der Waals surface area (Å²) in [5, 5.41) is 0. The Morgan fingerprint density at radius 2 is 1.60 bits per heavy atom. The molecule has 3 rings (SSSR count). The average Bonchev–Trinajstić information content (AvgIpc) is 2.78. The van der Waals surface area contributed by atoms with Crippen LogP contribution in [0.3, 0.4) is 0 Å². The van der Waals surface area contributed by atoms with Gasteiger partial charge >= 0.3 is 5.97 Å². The summed E-state index contributed by atoms with van der Waals surface area (Å²) in [6.45, 7) is 2.12. The van der Waals surface area contributed by atoms with Crippen LogP contribution >= 0.6 is 0 Å². The van der Waals surface area contributed by atoms with E-state index in [4.69, 9.17) is 18.9 Å². The van der Waals surface area contributed by atoms with Crippen molar-refractivity contribution in [3.8, 4) is 28.5 Å². The van der Waals surface area contributed by atoms with E-state index in [-0.39, 0.29) is 5.97 Å². The predicted molar refractivity (Wildman–Crippen MR) is 112 cm³/mol. The second-order valence-electron chi connectivity index (χ2n) is 6.37. The highest BCUT2D eigenvalue weighted by Crippen LogP contribution is 2.38. The number of esters is 1. The number of methoxy groups -OCH3 is 3. The zero-order chi connectivity index (χ0) is 21.5. The Bertz CT molecular complexity index is 993. The standard InChI is InChI=1S/C23H24N2O5/c1-5-30-23(26)17-8-6-16(7-9-17)18-10-11-24-21(25-18)14-15-12-19(27-2)22(29-4)20(13-15)28-3/h6-13H,5,14H2,1-4H3. The zero-order valence-electron chi connectivity index (χ0n) is 17.5. The smallest absolute Gasteiger partial charge is 0.338 e. The molecule has 0 unspecified atom stereocenters. The lowest BCUT2D eigenvalue weighted by Crippen LogP contribution is -2.04. The van der Waals surface area contributed by atoms with E-state index in [1.165, 1.54) is 0 Å². The largest absolute Gasteiger partial charge is 0.493 e. The van der Waals surface area contributed by atoms with Gasteiger partial charge in [0.1, 0.15) is 5.82 Å². The fraction of sp³-hybridized carbons (Fsp3) is 0.261. The van der Waals surface area contributed by atoms with Gasteiger partial charge in [0, 0.05) is 18.2 Å². The van der Waals surface area contributed by atoms with Crippen molar-refractivity contribution in [1.82, 2.24) is 9.97 Å². The molecule has 0 spiro atoms. The Kier molecular flexibility index (Phi) is 6.85. The lowest BCUT2D eigenvalue weighted by Gasteiger charge is -2.14. The Morgan fingerprint density at radius 3 is 2.17 bits per heavy atom. The molecule has 156 valence electrons. The number of hydrogen-bond donors (Lipinski definition) is 0.